The van der Waals surface area contributed by atoms with Crippen LogP contribution in [-0.2, 0) is 6.42 Å². The van der Waals surface area contributed by atoms with Gasteiger partial charge in [-0.2, -0.15) is 0 Å². The molecule has 4 aliphatic rings. The van der Waals surface area contributed by atoms with Crippen molar-refractivity contribution in [1.29, 1.82) is 0 Å². The topological polar surface area (TPSA) is 51.8 Å². The van der Waals surface area contributed by atoms with Gasteiger partial charge in [-0.05, 0) is 87.5 Å². The molecule has 0 saturated heterocycles. The van der Waals surface area contributed by atoms with E-state index in [0.717, 1.165) is 47.4 Å². The second-order valence-electron chi connectivity index (χ2n) is 7.49. The van der Waals surface area contributed by atoms with Crippen LogP contribution in [0.2, 0.25) is 0 Å². The molecule has 1 aromatic rings. The van der Waals surface area contributed by atoms with Gasteiger partial charge >= 0.3 is 0 Å². The van der Waals surface area contributed by atoms with Crippen LogP contribution in [-0.4, -0.2) is 9.97 Å². The second kappa shape index (κ2) is 4.71. The highest BCUT2D eigenvalue weighted by Crippen LogP contribution is 2.57. The monoisotopic (exact) mass is 271 g/mol. The van der Waals surface area contributed by atoms with Crippen LogP contribution in [0.4, 0.5) is 5.95 Å². The van der Waals surface area contributed by atoms with E-state index in [9.17, 15) is 0 Å². The van der Waals surface area contributed by atoms with Gasteiger partial charge in [-0.3, -0.25) is 0 Å². The van der Waals surface area contributed by atoms with Gasteiger partial charge in [0.2, 0.25) is 5.95 Å². The molecular formula is C17H25N3. The summed E-state index contributed by atoms with van der Waals surface area (Å²) in [6, 6.07) is 2.10. The summed E-state index contributed by atoms with van der Waals surface area (Å²) in [5.41, 5.74) is 7.90. The molecule has 0 amide bonds. The Morgan fingerprint density at radius 2 is 1.70 bits per heavy atom. The minimum absolute atomic E-state index is 0.435. The van der Waals surface area contributed by atoms with E-state index in [1.54, 1.807) is 6.42 Å². The highest BCUT2D eigenvalue weighted by atomic mass is 15.0. The SMILES string of the molecule is Cc1cc(CCC2C3CC4CC(C3)CC2C4)nc(N)n1. The lowest BCUT2D eigenvalue weighted by atomic mass is 9.51. The first-order valence-electron chi connectivity index (χ1n) is 8.27. The Kier molecular flexibility index (Phi) is 2.97. The summed E-state index contributed by atoms with van der Waals surface area (Å²) in [4.78, 5) is 8.57. The van der Waals surface area contributed by atoms with Gasteiger partial charge in [-0.25, -0.2) is 9.97 Å². The molecule has 0 unspecified atom stereocenters. The largest absolute Gasteiger partial charge is 0.368 e. The number of hydrogen-bond donors (Lipinski definition) is 1. The summed E-state index contributed by atoms with van der Waals surface area (Å²) >= 11 is 0. The van der Waals surface area contributed by atoms with E-state index >= 15 is 0 Å². The maximum absolute atomic E-state index is 5.76. The minimum Gasteiger partial charge on any atom is -0.368 e. The fourth-order valence-corrected chi connectivity index (χ4v) is 5.61. The van der Waals surface area contributed by atoms with Crippen molar-refractivity contribution in [3.63, 3.8) is 0 Å². The first kappa shape index (κ1) is 12.6. The van der Waals surface area contributed by atoms with Gasteiger partial charge in [0.05, 0.1) is 0 Å². The zero-order valence-corrected chi connectivity index (χ0v) is 12.4. The van der Waals surface area contributed by atoms with Crippen LogP contribution < -0.4 is 5.73 Å². The van der Waals surface area contributed by atoms with E-state index < -0.39 is 0 Å². The molecule has 2 N–H and O–H groups in total. The zero-order chi connectivity index (χ0) is 13.7. The van der Waals surface area contributed by atoms with E-state index in [1.165, 1.54) is 32.1 Å². The molecule has 0 aromatic carbocycles. The van der Waals surface area contributed by atoms with Crippen molar-refractivity contribution in [3.8, 4) is 0 Å². The first-order valence-corrected chi connectivity index (χ1v) is 8.27. The molecule has 1 heterocycles. The van der Waals surface area contributed by atoms with E-state index in [-0.39, 0.29) is 0 Å². The van der Waals surface area contributed by atoms with Crippen molar-refractivity contribution in [3.05, 3.63) is 17.5 Å². The third kappa shape index (κ3) is 2.21. The molecule has 1 aromatic heterocycles. The number of hydrogen-bond acceptors (Lipinski definition) is 3. The molecule has 4 fully saturated rings. The van der Waals surface area contributed by atoms with Crippen molar-refractivity contribution in [2.24, 2.45) is 29.6 Å². The van der Waals surface area contributed by atoms with Crippen molar-refractivity contribution in [2.45, 2.75) is 51.9 Å². The predicted molar refractivity (Wildman–Crippen MR) is 80.0 cm³/mol. The zero-order valence-electron chi connectivity index (χ0n) is 12.4. The Bertz CT molecular complexity index is 463. The van der Waals surface area contributed by atoms with Crippen LogP contribution in [0, 0.1) is 36.5 Å². The number of aromatic nitrogens is 2. The van der Waals surface area contributed by atoms with Gasteiger partial charge in [0, 0.05) is 11.4 Å². The minimum atomic E-state index is 0.435. The van der Waals surface area contributed by atoms with E-state index in [4.69, 9.17) is 5.73 Å². The Balaban J connectivity index is 1.44. The van der Waals surface area contributed by atoms with E-state index in [0.29, 0.717) is 5.95 Å². The van der Waals surface area contributed by atoms with Crippen molar-refractivity contribution in [1.82, 2.24) is 9.97 Å². The van der Waals surface area contributed by atoms with Gasteiger partial charge < -0.3 is 5.73 Å². The number of anilines is 1. The normalized spacial score (nSPS) is 38.4. The van der Waals surface area contributed by atoms with Crippen LogP contribution in [0.25, 0.3) is 0 Å². The van der Waals surface area contributed by atoms with Crippen LogP contribution in [0.3, 0.4) is 0 Å². The molecule has 0 spiro atoms. The van der Waals surface area contributed by atoms with Crippen molar-refractivity contribution < 1.29 is 0 Å². The highest BCUT2D eigenvalue weighted by molar-refractivity contribution is 5.22. The van der Waals surface area contributed by atoms with Crippen LogP contribution in [0.15, 0.2) is 6.07 Å². The van der Waals surface area contributed by atoms with Crippen molar-refractivity contribution in [2.75, 3.05) is 5.73 Å². The van der Waals surface area contributed by atoms with E-state index in [2.05, 4.69) is 16.0 Å². The van der Waals surface area contributed by atoms with Gasteiger partial charge in [0.1, 0.15) is 0 Å². The molecule has 4 aliphatic carbocycles. The van der Waals surface area contributed by atoms with Crippen LogP contribution >= 0.6 is 0 Å². The Labute approximate surface area is 121 Å². The molecular weight excluding hydrogens is 246 g/mol. The lowest BCUT2D eigenvalue weighted by Crippen LogP contribution is -2.45. The number of aryl methyl sites for hydroxylation is 2. The predicted octanol–water partition coefficient (Wildman–Crippen LogP) is 3.37. The Morgan fingerprint density at radius 1 is 1.05 bits per heavy atom. The van der Waals surface area contributed by atoms with Crippen molar-refractivity contribution >= 4 is 5.95 Å². The number of rotatable bonds is 3. The molecule has 3 heteroatoms. The molecule has 3 nitrogen and oxygen atoms in total. The second-order valence-corrected chi connectivity index (χ2v) is 7.49. The average molecular weight is 271 g/mol. The van der Waals surface area contributed by atoms with Gasteiger partial charge in [0.25, 0.3) is 0 Å². The van der Waals surface area contributed by atoms with E-state index in [1.807, 2.05) is 6.92 Å². The quantitative estimate of drug-likeness (QED) is 0.917. The average Bonchev–Trinajstić information content (AvgIpc) is 2.35. The molecule has 0 aliphatic heterocycles. The summed E-state index contributed by atoms with van der Waals surface area (Å²) in [5, 5.41) is 0. The Morgan fingerprint density at radius 3 is 2.30 bits per heavy atom. The summed E-state index contributed by atoms with van der Waals surface area (Å²) in [7, 11) is 0. The summed E-state index contributed by atoms with van der Waals surface area (Å²) in [6.45, 7) is 2.00. The lowest BCUT2D eigenvalue weighted by molar-refractivity contribution is -0.0394. The van der Waals surface area contributed by atoms with Gasteiger partial charge in [0.15, 0.2) is 0 Å². The maximum Gasteiger partial charge on any atom is 0.220 e. The summed E-state index contributed by atoms with van der Waals surface area (Å²) in [5.74, 6) is 5.58. The Hall–Kier alpha value is -1.12. The lowest BCUT2D eigenvalue weighted by Gasteiger charge is -2.54. The number of nitrogens with zero attached hydrogens (tertiary/aromatic N) is 2. The van der Waals surface area contributed by atoms with Crippen LogP contribution in [0.1, 0.15) is 49.9 Å². The third-order valence-corrected chi connectivity index (χ3v) is 6.08. The molecule has 4 bridgehead atoms. The molecule has 0 radical (unpaired) electrons. The summed E-state index contributed by atoms with van der Waals surface area (Å²) < 4.78 is 0. The summed E-state index contributed by atoms with van der Waals surface area (Å²) in [6.07, 6.45) is 10.0. The number of nitrogen functional groups attached to an aromatic ring is 1. The molecule has 108 valence electrons. The molecule has 4 saturated carbocycles. The third-order valence-electron chi connectivity index (χ3n) is 6.08. The maximum atomic E-state index is 5.76. The molecule has 5 rings (SSSR count). The van der Waals surface area contributed by atoms with Crippen LogP contribution in [0.5, 0.6) is 0 Å². The molecule has 0 atom stereocenters. The molecule has 20 heavy (non-hydrogen) atoms. The standard InChI is InChI=1S/C17H25N3/c1-10-4-15(20-17(18)19-10)2-3-16-13-6-11-5-12(8-13)9-14(16)7-11/h4,11-14,16H,2-3,5-9H2,1H3,(H2,18,19,20). The van der Waals surface area contributed by atoms with Gasteiger partial charge in [-0.1, -0.05) is 0 Å². The highest BCUT2D eigenvalue weighted by Gasteiger charge is 2.47. The smallest absolute Gasteiger partial charge is 0.220 e. The fraction of sp³-hybridized carbons (Fsp3) is 0.765. The fourth-order valence-electron chi connectivity index (χ4n) is 5.61. The first-order chi connectivity index (χ1) is 9.67. The van der Waals surface area contributed by atoms with Gasteiger partial charge in [-0.15, -0.1) is 0 Å². The number of nitrogens with two attached hydrogens (primary N) is 1.